The Morgan fingerprint density at radius 3 is 2.64 bits per heavy atom. The first-order valence-electron chi connectivity index (χ1n) is 5.16. The molecule has 2 nitrogen and oxygen atoms in total. The Morgan fingerprint density at radius 1 is 1.43 bits per heavy atom. The molecule has 0 bridgehead atoms. The van der Waals surface area contributed by atoms with Gasteiger partial charge in [0.1, 0.15) is 5.83 Å². The highest BCUT2D eigenvalue weighted by Crippen LogP contribution is 2.29. The molecule has 0 aliphatic heterocycles. The van der Waals surface area contributed by atoms with Crippen molar-refractivity contribution in [3.63, 3.8) is 0 Å². The van der Waals surface area contributed by atoms with Crippen LogP contribution >= 0.6 is 0 Å². The van der Waals surface area contributed by atoms with Crippen molar-refractivity contribution in [2.24, 2.45) is 5.92 Å². The summed E-state index contributed by atoms with van der Waals surface area (Å²) in [5.74, 6) is -0.522. The molecule has 0 unspecified atom stereocenters. The molecule has 3 heteroatoms. The third-order valence-electron chi connectivity index (χ3n) is 2.68. The van der Waals surface area contributed by atoms with Crippen molar-refractivity contribution in [2.75, 3.05) is 7.11 Å². The van der Waals surface area contributed by atoms with Crippen LogP contribution in [0.3, 0.4) is 0 Å². The van der Waals surface area contributed by atoms with Gasteiger partial charge in [0.25, 0.3) is 0 Å². The predicted molar refractivity (Wildman–Crippen MR) is 52.4 cm³/mol. The van der Waals surface area contributed by atoms with E-state index in [1.807, 2.05) is 0 Å². The molecule has 0 spiro atoms. The Labute approximate surface area is 84.1 Å². The van der Waals surface area contributed by atoms with Gasteiger partial charge < -0.3 is 4.74 Å². The van der Waals surface area contributed by atoms with Crippen molar-refractivity contribution >= 4 is 5.97 Å². The minimum absolute atomic E-state index is 0.344. The largest absolute Gasteiger partial charge is 0.466 e. The zero-order valence-electron chi connectivity index (χ0n) is 8.59. The summed E-state index contributed by atoms with van der Waals surface area (Å²) in [7, 11) is 1.26. The molecular weight excluding hydrogens is 183 g/mol. The van der Waals surface area contributed by atoms with E-state index in [9.17, 15) is 9.18 Å². The zero-order chi connectivity index (χ0) is 10.4. The number of esters is 1. The smallest absolute Gasteiger partial charge is 0.333 e. The summed E-state index contributed by atoms with van der Waals surface area (Å²) in [5, 5.41) is 0. The molecule has 0 amide bonds. The number of hydrogen-bond donors (Lipinski definition) is 0. The number of carbonyl (C=O) groups excluding carboxylic acids is 1. The van der Waals surface area contributed by atoms with E-state index in [4.69, 9.17) is 0 Å². The molecule has 0 saturated heterocycles. The van der Waals surface area contributed by atoms with Crippen LogP contribution in [-0.2, 0) is 9.53 Å². The summed E-state index contributed by atoms with van der Waals surface area (Å²) in [4.78, 5) is 10.7. The molecule has 0 aromatic carbocycles. The van der Waals surface area contributed by atoms with Gasteiger partial charge in [-0.3, -0.25) is 0 Å². The van der Waals surface area contributed by atoms with Gasteiger partial charge in [0.2, 0.25) is 0 Å². The molecule has 1 aliphatic rings. The van der Waals surface area contributed by atoms with Crippen molar-refractivity contribution in [3.8, 4) is 0 Å². The maximum atomic E-state index is 13.2. The topological polar surface area (TPSA) is 26.3 Å². The van der Waals surface area contributed by atoms with E-state index in [1.54, 1.807) is 0 Å². The standard InChI is InChI=1S/C11H17FO2/c1-14-11(13)8-10(12)7-9-5-3-2-4-6-9/h8-9H,2-7H2,1H3/b10-8-. The monoisotopic (exact) mass is 200 g/mol. The van der Waals surface area contributed by atoms with Gasteiger partial charge in [-0.25, -0.2) is 9.18 Å². The number of methoxy groups -OCH3 is 1. The molecular formula is C11H17FO2. The highest BCUT2D eigenvalue weighted by molar-refractivity contribution is 5.82. The molecule has 1 rings (SSSR count). The average Bonchev–Trinajstić information content (AvgIpc) is 2.19. The maximum absolute atomic E-state index is 13.2. The normalized spacial score (nSPS) is 19.4. The SMILES string of the molecule is COC(=O)/C=C(\F)CC1CCCCC1. The van der Waals surface area contributed by atoms with E-state index >= 15 is 0 Å². The summed E-state index contributed by atoms with van der Waals surface area (Å²) >= 11 is 0. The summed E-state index contributed by atoms with van der Waals surface area (Å²) < 4.78 is 17.5. The molecule has 0 atom stereocenters. The minimum Gasteiger partial charge on any atom is -0.466 e. The van der Waals surface area contributed by atoms with Gasteiger partial charge in [-0.1, -0.05) is 32.1 Å². The lowest BCUT2D eigenvalue weighted by Gasteiger charge is -2.20. The summed E-state index contributed by atoms with van der Waals surface area (Å²) in [5.41, 5.74) is 0. The second kappa shape index (κ2) is 5.78. The van der Waals surface area contributed by atoms with Gasteiger partial charge in [-0.15, -0.1) is 0 Å². The van der Waals surface area contributed by atoms with Crippen LogP contribution in [0.4, 0.5) is 4.39 Å². The number of ether oxygens (including phenoxy) is 1. The lowest BCUT2D eigenvalue weighted by Crippen LogP contribution is -2.07. The van der Waals surface area contributed by atoms with Gasteiger partial charge in [-0.2, -0.15) is 0 Å². The minimum atomic E-state index is -0.599. The highest BCUT2D eigenvalue weighted by atomic mass is 19.1. The molecule has 0 radical (unpaired) electrons. The quantitative estimate of drug-likeness (QED) is 0.517. The van der Waals surface area contributed by atoms with E-state index in [1.165, 1.54) is 26.4 Å². The molecule has 80 valence electrons. The van der Waals surface area contributed by atoms with Crippen molar-refractivity contribution in [1.82, 2.24) is 0 Å². The Kier molecular flexibility index (Phi) is 4.63. The van der Waals surface area contributed by atoms with Gasteiger partial charge in [0.15, 0.2) is 0 Å². The molecule has 0 N–H and O–H groups in total. The number of halogens is 1. The van der Waals surface area contributed by atoms with Crippen LogP contribution < -0.4 is 0 Å². The Hall–Kier alpha value is -0.860. The molecule has 0 aromatic rings. The molecule has 0 aromatic heterocycles. The number of carbonyl (C=O) groups is 1. The molecule has 1 aliphatic carbocycles. The summed E-state index contributed by atoms with van der Waals surface area (Å²) in [6.07, 6.45) is 7.17. The lowest BCUT2D eigenvalue weighted by atomic mass is 9.86. The van der Waals surface area contributed by atoms with E-state index < -0.39 is 5.97 Å². The van der Waals surface area contributed by atoms with Gasteiger partial charge >= 0.3 is 5.97 Å². The van der Waals surface area contributed by atoms with Crippen molar-refractivity contribution in [1.29, 1.82) is 0 Å². The van der Waals surface area contributed by atoms with E-state index in [-0.39, 0.29) is 5.83 Å². The third kappa shape index (κ3) is 3.90. The first-order chi connectivity index (χ1) is 6.72. The lowest BCUT2D eigenvalue weighted by molar-refractivity contribution is -0.135. The fraction of sp³-hybridized carbons (Fsp3) is 0.727. The summed E-state index contributed by atoms with van der Waals surface area (Å²) in [6.45, 7) is 0. The Morgan fingerprint density at radius 2 is 2.07 bits per heavy atom. The molecule has 0 heterocycles. The summed E-state index contributed by atoms with van der Waals surface area (Å²) in [6, 6.07) is 0. The van der Waals surface area contributed by atoms with Crippen LogP contribution in [0.15, 0.2) is 11.9 Å². The number of rotatable bonds is 3. The fourth-order valence-corrected chi connectivity index (χ4v) is 1.91. The predicted octanol–water partition coefficient (Wildman–Crippen LogP) is 2.98. The maximum Gasteiger partial charge on any atom is 0.333 e. The number of hydrogen-bond acceptors (Lipinski definition) is 2. The van der Waals surface area contributed by atoms with Gasteiger partial charge in [-0.05, 0) is 5.92 Å². The van der Waals surface area contributed by atoms with E-state index in [0.29, 0.717) is 12.3 Å². The Bertz CT molecular complexity index is 217. The third-order valence-corrected chi connectivity index (χ3v) is 2.68. The van der Waals surface area contributed by atoms with Crippen LogP contribution in [0, 0.1) is 5.92 Å². The molecule has 14 heavy (non-hydrogen) atoms. The van der Waals surface area contributed by atoms with Crippen LogP contribution in [0.1, 0.15) is 38.5 Å². The van der Waals surface area contributed by atoms with Crippen LogP contribution in [0.25, 0.3) is 0 Å². The molecule has 1 fully saturated rings. The van der Waals surface area contributed by atoms with Crippen LogP contribution in [0.2, 0.25) is 0 Å². The first-order valence-corrected chi connectivity index (χ1v) is 5.16. The van der Waals surface area contributed by atoms with Crippen LogP contribution in [-0.4, -0.2) is 13.1 Å². The zero-order valence-corrected chi connectivity index (χ0v) is 8.59. The fourth-order valence-electron chi connectivity index (χ4n) is 1.91. The van der Waals surface area contributed by atoms with Gasteiger partial charge in [0, 0.05) is 6.42 Å². The second-order valence-corrected chi connectivity index (χ2v) is 3.82. The first kappa shape index (κ1) is 11.2. The second-order valence-electron chi connectivity index (χ2n) is 3.82. The van der Waals surface area contributed by atoms with E-state index in [0.717, 1.165) is 18.9 Å². The van der Waals surface area contributed by atoms with Gasteiger partial charge in [0.05, 0.1) is 13.2 Å². The molecule has 1 saturated carbocycles. The van der Waals surface area contributed by atoms with Crippen LogP contribution in [0.5, 0.6) is 0 Å². The Balaban J connectivity index is 2.34. The van der Waals surface area contributed by atoms with Crippen molar-refractivity contribution < 1.29 is 13.9 Å². The van der Waals surface area contributed by atoms with Crippen molar-refractivity contribution in [3.05, 3.63) is 11.9 Å². The van der Waals surface area contributed by atoms with Crippen molar-refractivity contribution in [2.45, 2.75) is 38.5 Å². The highest BCUT2D eigenvalue weighted by Gasteiger charge is 2.15. The number of allylic oxidation sites excluding steroid dienone is 1. The van der Waals surface area contributed by atoms with E-state index in [2.05, 4.69) is 4.74 Å². The average molecular weight is 200 g/mol.